The molecule has 0 aliphatic heterocycles. The first kappa shape index (κ1) is 15.0. The van der Waals surface area contributed by atoms with E-state index in [0.29, 0.717) is 23.9 Å². The second-order valence-electron chi connectivity index (χ2n) is 4.69. The van der Waals surface area contributed by atoms with Gasteiger partial charge in [0.2, 0.25) is 5.75 Å². The number of ether oxygens (including phenoxy) is 1. The van der Waals surface area contributed by atoms with Gasteiger partial charge in [0, 0.05) is 25.0 Å². The zero-order valence-electron chi connectivity index (χ0n) is 12.7. The average molecular weight is 287 g/mol. The number of anilines is 2. The quantitative estimate of drug-likeness (QED) is 0.815. The fourth-order valence-electron chi connectivity index (χ4n) is 1.85. The van der Waals surface area contributed by atoms with Gasteiger partial charge in [-0.05, 0) is 25.0 Å². The van der Waals surface area contributed by atoms with Gasteiger partial charge in [0.15, 0.2) is 11.6 Å². The predicted molar refractivity (Wildman–Crippen MR) is 83.7 cm³/mol. The Kier molecular flexibility index (Phi) is 5.31. The summed E-state index contributed by atoms with van der Waals surface area (Å²) in [5.74, 6) is 2.01. The third-order valence-electron chi connectivity index (χ3n) is 2.98. The lowest BCUT2D eigenvalue weighted by molar-refractivity contribution is 0.414. The van der Waals surface area contributed by atoms with E-state index in [1.807, 2.05) is 25.3 Å². The maximum atomic E-state index is 5.42. The van der Waals surface area contributed by atoms with Crippen LogP contribution in [0.4, 0.5) is 11.6 Å². The lowest BCUT2D eigenvalue weighted by Crippen LogP contribution is -2.09. The van der Waals surface area contributed by atoms with E-state index < -0.39 is 0 Å². The van der Waals surface area contributed by atoms with Gasteiger partial charge >= 0.3 is 0 Å². The monoisotopic (exact) mass is 287 g/mol. The van der Waals surface area contributed by atoms with E-state index in [2.05, 4.69) is 32.5 Å². The lowest BCUT2D eigenvalue weighted by Gasteiger charge is -2.13. The number of nitrogens with zero attached hydrogens (tertiary/aromatic N) is 3. The van der Waals surface area contributed by atoms with Gasteiger partial charge < -0.3 is 15.4 Å². The van der Waals surface area contributed by atoms with E-state index in [0.717, 1.165) is 24.2 Å². The molecule has 0 aromatic carbocycles. The Morgan fingerprint density at radius 2 is 1.86 bits per heavy atom. The average Bonchev–Trinajstić information content (AvgIpc) is 2.52. The Labute approximate surface area is 125 Å². The maximum absolute atomic E-state index is 5.42. The highest BCUT2D eigenvalue weighted by molar-refractivity contribution is 5.63. The first-order valence-corrected chi connectivity index (χ1v) is 7.02. The van der Waals surface area contributed by atoms with E-state index in [9.17, 15) is 0 Å². The molecular weight excluding hydrogens is 266 g/mol. The Morgan fingerprint density at radius 3 is 2.48 bits per heavy atom. The van der Waals surface area contributed by atoms with E-state index >= 15 is 0 Å². The Balaban J connectivity index is 2.10. The topological polar surface area (TPSA) is 72.0 Å². The van der Waals surface area contributed by atoms with Crippen molar-refractivity contribution in [3.8, 4) is 5.75 Å². The van der Waals surface area contributed by atoms with Crippen molar-refractivity contribution in [1.82, 2.24) is 15.0 Å². The third kappa shape index (κ3) is 4.05. The molecule has 0 atom stereocenters. The van der Waals surface area contributed by atoms with Crippen molar-refractivity contribution in [3.63, 3.8) is 0 Å². The molecule has 0 radical (unpaired) electrons. The molecule has 6 nitrogen and oxygen atoms in total. The normalized spacial score (nSPS) is 10.2. The second kappa shape index (κ2) is 7.42. The minimum absolute atomic E-state index is 0.631. The highest BCUT2D eigenvalue weighted by Crippen LogP contribution is 2.29. The number of rotatable bonds is 7. The summed E-state index contributed by atoms with van der Waals surface area (Å²) in [4.78, 5) is 12.7. The molecule has 6 heteroatoms. The van der Waals surface area contributed by atoms with Gasteiger partial charge in [-0.1, -0.05) is 13.0 Å². The fraction of sp³-hybridized carbons (Fsp3) is 0.400. The van der Waals surface area contributed by atoms with Crippen LogP contribution in [0.15, 0.2) is 24.7 Å². The molecule has 112 valence electrons. The van der Waals surface area contributed by atoms with Gasteiger partial charge in [-0.15, -0.1) is 0 Å². The van der Waals surface area contributed by atoms with E-state index in [-0.39, 0.29) is 0 Å². The van der Waals surface area contributed by atoms with Crippen molar-refractivity contribution in [3.05, 3.63) is 35.9 Å². The summed E-state index contributed by atoms with van der Waals surface area (Å²) in [6.07, 6.45) is 4.40. The number of hydrogen-bond donors (Lipinski definition) is 2. The summed E-state index contributed by atoms with van der Waals surface area (Å²) in [6.45, 7) is 5.54. The van der Waals surface area contributed by atoms with Crippen LogP contribution in [0.5, 0.6) is 5.75 Å². The van der Waals surface area contributed by atoms with Crippen LogP contribution in [0, 0.1) is 6.92 Å². The number of methoxy groups -OCH3 is 1. The van der Waals surface area contributed by atoms with Crippen molar-refractivity contribution in [2.24, 2.45) is 0 Å². The molecule has 0 aliphatic rings. The molecule has 2 aromatic rings. The SMILES string of the molecule is CCCNc1ncnc(NCc2ccc(C)nc2)c1OC. The Morgan fingerprint density at radius 1 is 1.10 bits per heavy atom. The van der Waals surface area contributed by atoms with Crippen LogP contribution in [-0.2, 0) is 6.54 Å². The van der Waals surface area contributed by atoms with Gasteiger partial charge in [0.05, 0.1) is 7.11 Å². The summed E-state index contributed by atoms with van der Waals surface area (Å²) in [7, 11) is 1.62. The largest absolute Gasteiger partial charge is 0.490 e. The van der Waals surface area contributed by atoms with Crippen LogP contribution in [0.2, 0.25) is 0 Å². The lowest BCUT2D eigenvalue weighted by atomic mass is 10.2. The van der Waals surface area contributed by atoms with Crippen molar-refractivity contribution < 1.29 is 4.74 Å². The van der Waals surface area contributed by atoms with Crippen LogP contribution in [0.25, 0.3) is 0 Å². The predicted octanol–water partition coefficient (Wildman–Crippen LogP) is 2.62. The van der Waals surface area contributed by atoms with Gasteiger partial charge in [0.25, 0.3) is 0 Å². The second-order valence-corrected chi connectivity index (χ2v) is 4.69. The van der Waals surface area contributed by atoms with Crippen molar-refractivity contribution in [1.29, 1.82) is 0 Å². The van der Waals surface area contributed by atoms with Gasteiger partial charge in [-0.3, -0.25) is 4.98 Å². The standard InChI is InChI=1S/C15H21N5O/c1-4-7-16-14-13(21-3)15(20-10-19-14)18-9-12-6-5-11(2)17-8-12/h5-6,8,10H,4,7,9H2,1-3H3,(H2,16,18,19,20). The zero-order valence-corrected chi connectivity index (χ0v) is 12.7. The van der Waals surface area contributed by atoms with Crippen molar-refractivity contribution in [2.75, 3.05) is 24.3 Å². The summed E-state index contributed by atoms with van der Waals surface area (Å²) in [6, 6.07) is 4.03. The smallest absolute Gasteiger partial charge is 0.204 e. The van der Waals surface area contributed by atoms with E-state index in [4.69, 9.17) is 4.74 Å². The van der Waals surface area contributed by atoms with Gasteiger partial charge in [0.1, 0.15) is 6.33 Å². The van der Waals surface area contributed by atoms with Crippen LogP contribution in [0.3, 0.4) is 0 Å². The van der Waals surface area contributed by atoms with E-state index in [1.165, 1.54) is 6.33 Å². The number of pyridine rings is 1. The third-order valence-corrected chi connectivity index (χ3v) is 2.98. The van der Waals surface area contributed by atoms with Gasteiger partial charge in [-0.25, -0.2) is 9.97 Å². The van der Waals surface area contributed by atoms with Crippen LogP contribution >= 0.6 is 0 Å². The van der Waals surface area contributed by atoms with Crippen molar-refractivity contribution >= 4 is 11.6 Å². The highest BCUT2D eigenvalue weighted by Gasteiger charge is 2.11. The Hall–Kier alpha value is -2.37. The number of aryl methyl sites for hydroxylation is 1. The maximum Gasteiger partial charge on any atom is 0.204 e. The molecule has 21 heavy (non-hydrogen) atoms. The molecule has 2 rings (SSSR count). The summed E-state index contributed by atoms with van der Waals surface area (Å²) < 4.78 is 5.42. The molecule has 0 bridgehead atoms. The molecule has 2 heterocycles. The first-order chi connectivity index (χ1) is 10.2. The molecule has 0 saturated carbocycles. The molecule has 2 aromatic heterocycles. The minimum atomic E-state index is 0.631. The molecule has 0 unspecified atom stereocenters. The molecular formula is C15H21N5O. The summed E-state index contributed by atoms with van der Waals surface area (Å²) in [5, 5.41) is 6.49. The molecule has 0 aliphatic carbocycles. The van der Waals surface area contributed by atoms with Crippen LogP contribution in [0.1, 0.15) is 24.6 Å². The molecule has 0 amide bonds. The zero-order chi connectivity index (χ0) is 15.1. The molecule has 2 N–H and O–H groups in total. The number of aromatic nitrogens is 3. The fourth-order valence-corrected chi connectivity index (χ4v) is 1.85. The number of nitrogens with one attached hydrogen (secondary N) is 2. The summed E-state index contributed by atoms with van der Waals surface area (Å²) in [5.41, 5.74) is 2.09. The Bertz CT molecular complexity index is 571. The summed E-state index contributed by atoms with van der Waals surface area (Å²) >= 11 is 0. The van der Waals surface area contributed by atoms with Crippen molar-refractivity contribution in [2.45, 2.75) is 26.8 Å². The molecule has 0 fully saturated rings. The van der Waals surface area contributed by atoms with Crippen LogP contribution in [-0.4, -0.2) is 28.6 Å². The molecule has 0 saturated heterocycles. The minimum Gasteiger partial charge on any atom is -0.490 e. The van der Waals surface area contributed by atoms with Gasteiger partial charge in [-0.2, -0.15) is 0 Å². The molecule has 0 spiro atoms. The van der Waals surface area contributed by atoms with Crippen LogP contribution < -0.4 is 15.4 Å². The number of hydrogen-bond acceptors (Lipinski definition) is 6. The first-order valence-electron chi connectivity index (χ1n) is 7.02. The van der Waals surface area contributed by atoms with E-state index in [1.54, 1.807) is 7.11 Å². The highest BCUT2D eigenvalue weighted by atomic mass is 16.5.